The molecule has 0 radical (unpaired) electrons. The summed E-state index contributed by atoms with van der Waals surface area (Å²) in [5.74, 6) is -0.413. The van der Waals surface area contributed by atoms with Gasteiger partial charge in [0.2, 0.25) is 0 Å². The number of nitrogens with zero attached hydrogens (tertiary/aromatic N) is 1. The summed E-state index contributed by atoms with van der Waals surface area (Å²) in [6, 6.07) is 0. The lowest BCUT2D eigenvalue weighted by molar-refractivity contribution is -0.136. The SMILES string of the molecule is C=C/C=C\c1c(CCC(=O)O)n[nH]c1N. The van der Waals surface area contributed by atoms with E-state index in [1.807, 2.05) is 0 Å². The maximum Gasteiger partial charge on any atom is 0.303 e. The normalized spacial score (nSPS) is 10.7. The van der Waals surface area contributed by atoms with Crippen LogP contribution in [-0.2, 0) is 11.2 Å². The van der Waals surface area contributed by atoms with Crippen LogP contribution in [0.25, 0.3) is 6.08 Å². The second kappa shape index (κ2) is 4.99. The van der Waals surface area contributed by atoms with Gasteiger partial charge >= 0.3 is 5.97 Å². The van der Waals surface area contributed by atoms with Crippen LogP contribution in [0.3, 0.4) is 0 Å². The molecule has 1 rings (SSSR count). The summed E-state index contributed by atoms with van der Waals surface area (Å²) >= 11 is 0. The van der Waals surface area contributed by atoms with E-state index in [2.05, 4.69) is 16.8 Å². The predicted molar refractivity (Wildman–Crippen MR) is 58.2 cm³/mol. The Morgan fingerprint density at radius 3 is 3.00 bits per heavy atom. The molecule has 0 aliphatic rings. The van der Waals surface area contributed by atoms with E-state index in [4.69, 9.17) is 10.8 Å². The number of nitrogen functional groups attached to an aromatic ring is 1. The number of carboxylic acids is 1. The first-order valence-corrected chi connectivity index (χ1v) is 4.48. The monoisotopic (exact) mass is 207 g/mol. The van der Waals surface area contributed by atoms with E-state index in [-0.39, 0.29) is 6.42 Å². The first kappa shape index (κ1) is 11.0. The maximum atomic E-state index is 10.4. The maximum absolute atomic E-state index is 10.4. The number of rotatable bonds is 5. The fourth-order valence-corrected chi connectivity index (χ4v) is 1.17. The van der Waals surface area contributed by atoms with E-state index in [1.165, 1.54) is 0 Å². The molecule has 0 fully saturated rings. The fraction of sp³-hybridized carbons (Fsp3) is 0.200. The molecule has 0 aliphatic heterocycles. The van der Waals surface area contributed by atoms with E-state index < -0.39 is 5.97 Å². The summed E-state index contributed by atoms with van der Waals surface area (Å²) in [4.78, 5) is 10.4. The number of aryl methyl sites for hydroxylation is 1. The molecular weight excluding hydrogens is 194 g/mol. The zero-order valence-corrected chi connectivity index (χ0v) is 8.23. The summed E-state index contributed by atoms with van der Waals surface area (Å²) in [5.41, 5.74) is 7.03. The van der Waals surface area contributed by atoms with Gasteiger partial charge in [0.25, 0.3) is 0 Å². The number of aromatic amines is 1. The van der Waals surface area contributed by atoms with Crippen LogP contribution < -0.4 is 5.73 Å². The molecule has 0 aliphatic carbocycles. The first-order chi connectivity index (χ1) is 7.15. The van der Waals surface area contributed by atoms with Crippen molar-refractivity contribution >= 4 is 17.9 Å². The number of aromatic nitrogens is 2. The summed E-state index contributed by atoms with van der Waals surface area (Å²) in [6.45, 7) is 3.54. The van der Waals surface area contributed by atoms with Crippen molar-refractivity contribution in [1.82, 2.24) is 10.2 Å². The highest BCUT2D eigenvalue weighted by Gasteiger charge is 2.09. The minimum Gasteiger partial charge on any atom is -0.481 e. The van der Waals surface area contributed by atoms with Crippen molar-refractivity contribution in [2.75, 3.05) is 5.73 Å². The third-order valence-corrected chi connectivity index (χ3v) is 1.89. The second-order valence-electron chi connectivity index (χ2n) is 2.99. The van der Waals surface area contributed by atoms with E-state index in [9.17, 15) is 4.79 Å². The summed E-state index contributed by atoms with van der Waals surface area (Å²) < 4.78 is 0. The van der Waals surface area contributed by atoms with Crippen LogP contribution in [0.2, 0.25) is 0 Å². The Morgan fingerprint density at radius 2 is 2.40 bits per heavy atom. The fourth-order valence-electron chi connectivity index (χ4n) is 1.17. The molecule has 15 heavy (non-hydrogen) atoms. The molecule has 0 amide bonds. The van der Waals surface area contributed by atoms with Gasteiger partial charge in [-0.1, -0.05) is 18.7 Å². The van der Waals surface area contributed by atoms with Gasteiger partial charge in [0, 0.05) is 12.0 Å². The van der Waals surface area contributed by atoms with E-state index >= 15 is 0 Å². The molecule has 80 valence electrons. The standard InChI is InChI=1S/C10H13N3O2/c1-2-3-4-7-8(5-6-9(14)15)12-13-10(7)11/h2-4H,1,5-6H2,(H,14,15)(H3,11,12,13)/b4-3-. The van der Waals surface area contributed by atoms with Gasteiger partial charge in [-0.25, -0.2) is 0 Å². The number of nitrogens with one attached hydrogen (secondary N) is 1. The van der Waals surface area contributed by atoms with Crippen molar-refractivity contribution in [1.29, 1.82) is 0 Å². The molecule has 1 aromatic rings. The number of hydrogen-bond donors (Lipinski definition) is 3. The molecule has 0 unspecified atom stereocenters. The Labute approximate surface area is 87.3 Å². The van der Waals surface area contributed by atoms with Crippen LogP contribution in [-0.4, -0.2) is 21.3 Å². The van der Waals surface area contributed by atoms with Crippen molar-refractivity contribution in [3.05, 3.63) is 30.0 Å². The summed E-state index contributed by atoms with van der Waals surface area (Å²) in [5, 5.41) is 15.1. The van der Waals surface area contributed by atoms with Gasteiger partial charge in [-0.3, -0.25) is 9.89 Å². The Hall–Kier alpha value is -2.04. The largest absolute Gasteiger partial charge is 0.481 e. The number of anilines is 1. The molecule has 0 aromatic carbocycles. The minimum absolute atomic E-state index is 0.0409. The van der Waals surface area contributed by atoms with Gasteiger partial charge in [0.05, 0.1) is 12.1 Å². The molecule has 0 spiro atoms. The average molecular weight is 207 g/mol. The topological polar surface area (TPSA) is 92.0 Å². The van der Waals surface area contributed by atoms with Gasteiger partial charge < -0.3 is 10.8 Å². The highest BCUT2D eigenvalue weighted by molar-refractivity contribution is 5.68. The molecule has 1 heterocycles. The molecule has 0 atom stereocenters. The number of hydrogen-bond acceptors (Lipinski definition) is 3. The van der Waals surface area contributed by atoms with Crippen LogP contribution in [0, 0.1) is 0 Å². The highest BCUT2D eigenvalue weighted by atomic mass is 16.4. The highest BCUT2D eigenvalue weighted by Crippen LogP contribution is 2.16. The minimum atomic E-state index is -0.852. The number of aliphatic carboxylic acids is 1. The average Bonchev–Trinajstić information content (AvgIpc) is 2.53. The Kier molecular flexibility index (Phi) is 3.68. The lowest BCUT2D eigenvalue weighted by Gasteiger charge is -1.95. The smallest absolute Gasteiger partial charge is 0.303 e. The molecule has 5 nitrogen and oxygen atoms in total. The Morgan fingerprint density at radius 1 is 1.67 bits per heavy atom. The Balaban J connectivity index is 2.83. The number of allylic oxidation sites excluding steroid dienone is 2. The number of carboxylic acid groups (broad SMARTS) is 1. The molecule has 5 heteroatoms. The molecule has 4 N–H and O–H groups in total. The molecule has 0 saturated heterocycles. The lowest BCUT2D eigenvalue weighted by Crippen LogP contribution is -1.99. The van der Waals surface area contributed by atoms with Crippen molar-refractivity contribution in [3.8, 4) is 0 Å². The van der Waals surface area contributed by atoms with Crippen molar-refractivity contribution in [3.63, 3.8) is 0 Å². The van der Waals surface area contributed by atoms with E-state index in [0.717, 1.165) is 5.56 Å². The van der Waals surface area contributed by atoms with E-state index in [0.29, 0.717) is 17.9 Å². The van der Waals surface area contributed by atoms with Crippen LogP contribution in [0.4, 0.5) is 5.82 Å². The molecule has 1 aromatic heterocycles. The quantitative estimate of drug-likeness (QED) is 0.633. The van der Waals surface area contributed by atoms with Crippen molar-refractivity contribution < 1.29 is 9.90 Å². The number of nitrogens with two attached hydrogens (primary N) is 1. The zero-order valence-electron chi connectivity index (χ0n) is 8.23. The van der Waals surface area contributed by atoms with Gasteiger partial charge in [-0.15, -0.1) is 0 Å². The summed E-state index contributed by atoms with van der Waals surface area (Å²) in [6.07, 6.45) is 5.50. The van der Waals surface area contributed by atoms with Gasteiger partial charge in [-0.2, -0.15) is 5.10 Å². The van der Waals surface area contributed by atoms with Crippen molar-refractivity contribution in [2.45, 2.75) is 12.8 Å². The lowest BCUT2D eigenvalue weighted by atomic mass is 10.1. The van der Waals surface area contributed by atoms with Gasteiger partial charge in [0.15, 0.2) is 0 Å². The van der Waals surface area contributed by atoms with Crippen LogP contribution in [0.1, 0.15) is 17.7 Å². The Bertz CT molecular complexity index is 393. The van der Waals surface area contributed by atoms with Crippen LogP contribution >= 0.6 is 0 Å². The van der Waals surface area contributed by atoms with Crippen molar-refractivity contribution in [2.24, 2.45) is 0 Å². The summed E-state index contributed by atoms with van der Waals surface area (Å²) in [7, 11) is 0. The van der Waals surface area contributed by atoms with Gasteiger partial charge in [-0.05, 0) is 6.08 Å². The third kappa shape index (κ3) is 2.98. The van der Waals surface area contributed by atoms with Crippen LogP contribution in [0.15, 0.2) is 18.7 Å². The zero-order chi connectivity index (χ0) is 11.3. The second-order valence-corrected chi connectivity index (χ2v) is 2.99. The van der Waals surface area contributed by atoms with Crippen LogP contribution in [0.5, 0.6) is 0 Å². The molecular formula is C10H13N3O2. The third-order valence-electron chi connectivity index (χ3n) is 1.89. The van der Waals surface area contributed by atoms with E-state index in [1.54, 1.807) is 18.2 Å². The van der Waals surface area contributed by atoms with Gasteiger partial charge in [0.1, 0.15) is 5.82 Å². The first-order valence-electron chi connectivity index (χ1n) is 4.48. The number of H-pyrrole nitrogens is 1. The number of carbonyl (C=O) groups is 1. The molecule has 0 saturated carbocycles. The molecule has 0 bridgehead atoms. The predicted octanol–water partition coefficient (Wildman–Crippen LogP) is 1.21.